The van der Waals surface area contributed by atoms with Gasteiger partial charge in [0, 0.05) is 38.7 Å². The van der Waals surface area contributed by atoms with E-state index in [9.17, 15) is 0 Å². The van der Waals surface area contributed by atoms with E-state index < -0.39 is 0 Å². The molecule has 0 aromatic carbocycles. The predicted octanol–water partition coefficient (Wildman–Crippen LogP) is 3.19. The van der Waals surface area contributed by atoms with Crippen molar-refractivity contribution in [2.75, 3.05) is 53.0 Å². The molecule has 0 aromatic rings. The van der Waals surface area contributed by atoms with Crippen molar-refractivity contribution in [1.29, 1.82) is 0 Å². The number of rotatable bonds is 8. The Balaban J connectivity index is 0.00000312. The van der Waals surface area contributed by atoms with E-state index in [0.717, 1.165) is 38.8 Å². The minimum atomic E-state index is 0. The minimum Gasteiger partial charge on any atom is -0.381 e. The molecule has 2 saturated heterocycles. The standard InChI is InChI=1S/C19H38N4O.HI/c1-4-6-11-23-12-8-7-9-18(23)14-21-19(20-5-2)22(3)15-17-10-13-24-16-17;/h17-18H,4-16H2,1-3H3,(H,20,21);1H. The molecule has 2 fully saturated rings. The van der Waals surface area contributed by atoms with Gasteiger partial charge in [0.15, 0.2) is 5.96 Å². The van der Waals surface area contributed by atoms with E-state index in [2.05, 4.69) is 36.0 Å². The molecule has 0 bridgehead atoms. The number of ether oxygens (including phenoxy) is 1. The normalized spacial score (nSPS) is 24.8. The molecule has 0 spiro atoms. The molecule has 148 valence electrons. The first-order chi connectivity index (χ1) is 11.7. The highest BCUT2D eigenvalue weighted by Crippen LogP contribution is 2.18. The Labute approximate surface area is 172 Å². The Morgan fingerprint density at radius 3 is 2.80 bits per heavy atom. The lowest BCUT2D eigenvalue weighted by Gasteiger charge is -2.35. The maximum atomic E-state index is 5.51. The van der Waals surface area contributed by atoms with E-state index in [-0.39, 0.29) is 24.0 Å². The van der Waals surface area contributed by atoms with Crippen molar-refractivity contribution in [3.8, 4) is 0 Å². The summed E-state index contributed by atoms with van der Waals surface area (Å²) < 4.78 is 5.51. The summed E-state index contributed by atoms with van der Waals surface area (Å²) in [5.41, 5.74) is 0. The lowest BCUT2D eigenvalue weighted by molar-refractivity contribution is 0.151. The molecule has 0 aliphatic carbocycles. The molecule has 6 heteroatoms. The molecule has 2 unspecified atom stereocenters. The molecule has 0 amide bonds. The molecule has 2 aliphatic heterocycles. The second-order valence-corrected chi connectivity index (χ2v) is 7.34. The third-order valence-electron chi connectivity index (χ3n) is 5.25. The van der Waals surface area contributed by atoms with Crippen molar-refractivity contribution >= 4 is 29.9 Å². The fourth-order valence-corrected chi connectivity index (χ4v) is 3.78. The van der Waals surface area contributed by atoms with Gasteiger partial charge in [0.2, 0.25) is 0 Å². The SMILES string of the molecule is CCCCN1CCCCC1CN=C(NCC)N(C)CC1CCOC1.I. The van der Waals surface area contributed by atoms with E-state index in [4.69, 9.17) is 9.73 Å². The number of hydrogen-bond donors (Lipinski definition) is 1. The van der Waals surface area contributed by atoms with Crippen LogP contribution in [0.25, 0.3) is 0 Å². The smallest absolute Gasteiger partial charge is 0.193 e. The van der Waals surface area contributed by atoms with Gasteiger partial charge in [-0.1, -0.05) is 19.8 Å². The molecule has 25 heavy (non-hydrogen) atoms. The van der Waals surface area contributed by atoms with Crippen LogP contribution in [-0.4, -0.2) is 74.8 Å². The van der Waals surface area contributed by atoms with Gasteiger partial charge in [-0.15, -0.1) is 24.0 Å². The van der Waals surface area contributed by atoms with Crippen LogP contribution in [0.5, 0.6) is 0 Å². The van der Waals surface area contributed by atoms with Crippen LogP contribution >= 0.6 is 24.0 Å². The van der Waals surface area contributed by atoms with Gasteiger partial charge in [-0.3, -0.25) is 9.89 Å². The summed E-state index contributed by atoms with van der Waals surface area (Å²) in [5.74, 6) is 1.71. The van der Waals surface area contributed by atoms with E-state index in [1.807, 2.05) is 0 Å². The molecule has 0 aromatic heterocycles. The zero-order chi connectivity index (χ0) is 17.2. The van der Waals surface area contributed by atoms with Crippen LogP contribution in [0.4, 0.5) is 0 Å². The highest BCUT2D eigenvalue weighted by atomic mass is 127. The third-order valence-corrected chi connectivity index (χ3v) is 5.25. The van der Waals surface area contributed by atoms with Gasteiger partial charge in [0.05, 0.1) is 13.2 Å². The van der Waals surface area contributed by atoms with Gasteiger partial charge in [0.25, 0.3) is 0 Å². The number of nitrogens with zero attached hydrogens (tertiary/aromatic N) is 3. The fourth-order valence-electron chi connectivity index (χ4n) is 3.78. The van der Waals surface area contributed by atoms with Gasteiger partial charge in [0.1, 0.15) is 0 Å². The monoisotopic (exact) mass is 466 g/mol. The quantitative estimate of drug-likeness (QED) is 0.339. The van der Waals surface area contributed by atoms with Crippen LogP contribution in [-0.2, 0) is 4.74 Å². The molecule has 2 rings (SSSR count). The number of guanidine groups is 1. The van der Waals surface area contributed by atoms with E-state index in [0.29, 0.717) is 12.0 Å². The van der Waals surface area contributed by atoms with E-state index in [1.54, 1.807) is 0 Å². The van der Waals surface area contributed by atoms with Crippen molar-refractivity contribution in [2.45, 2.75) is 58.4 Å². The molecular weight excluding hydrogens is 427 g/mol. The Bertz CT molecular complexity index is 374. The zero-order valence-corrected chi connectivity index (χ0v) is 18.8. The van der Waals surface area contributed by atoms with Gasteiger partial charge in [-0.25, -0.2) is 0 Å². The van der Waals surface area contributed by atoms with Crippen molar-refractivity contribution < 1.29 is 4.74 Å². The summed E-state index contributed by atoms with van der Waals surface area (Å²) >= 11 is 0. The first-order valence-corrected chi connectivity index (χ1v) is 10.1. The molecule has 0 saturated carbocycles. The summed E-state index contributed by atoms with van der Waals surface area (Å²) in [6, 6.07) is 0.627. The van der Waals surface area contributed by atoms with Crippen molar-refractivity contribution in [1.82, 2.24) is 15.1 Å². The van der Waals surface area contributed by atoms with Crippen molar-refractivity contribution in [3.63, 3.8) is 0 Å². The van der Waals surface area contributed by atoms with Gasteiger partial charge >= 0.3 is 0 Å². The number of unbranched alkanes of at least 4 members (excludes halogenated alkanes) is 1. The minimum absolute atomic E-state index is 0. The number of halogens is 1. The Morgan fingerprint density at radius 1 is 1.28 bits per heavy atom. The van der Waals surface area contributed by atoms with Crippen LogP contribution in [0, 0.1) is 5.92 Å². The second-order valence-electron chi connectivity index (χ2n) is 7.34. The first kappa shape index (κ1) is 23.0. The maximum Gasteiger partial charge on any atom is 0.193 e. The molecule has 1 N–H and O–H groups in total. The van der Waals surface area contributed by atoms with E-state index in [1.165, 1.54) is 51.6 Å². The second kappa shape index (κ2) is 13.1. The molecular formula is C19H39IN4O. The van der Waals surface area contributed by atoms with Crippen LogP contribution in [0.3, 0.4) is 0 Å². The summed E-state index contributed by atoms with van der Waals surface area (Å²) in [7, 11) is 2.16. The fraction of sp³-hybridized carbons (Fsp3) is 0.947. The number of piperidine rings is 1. The summed E-state index contributed by atoms with van der Waals surface area (Å²) in [6.07, 6.45) is 7.77. The number of hydrogen-bond acceptors (Lipinski definition) is 3. The van der Waals surface area contributed by atoms with Gasteiger partial charge in [-0.05, 0) is 45.7 Å². The highest BCUT2D eigenvalue weighted by Gasteiger charge is 2.23. The highest BCUT2D eigenvalue weighted by molar-refractivity contribution is 14.0. The van der Waals surface area contributed by atoms with Gasteiger partial charge in [-0.2, -0.15) is 0 Å². The number of nitrogens with one attached hydrogen (secondary N) is 1. The topological polar surface area (TPSA) is 40.1 Å². The summed E-state index contributed by atoms with van der Waals surface area (Å²) in [6.45, 7) is 11.6. The number of likely N-dealkylation sites (tertiary alicyclic amines) is 1. The van der Waals surface area contributed by atoms with Gasteiger partial charge < -0.3 is 15.0 Å². The largest absolute Gasteiger partial charge is 0.381 e. The molecule has 0 radical (unpaired) electrons. The lowest BCUT2D eigenvalue weighted by atomic mass is 10.0. The average Bonchev–Trinajstić information content (AvgIpc) is 3.10. The lowest BCUT2D eigenvalue weighted by Crippen LogP contribution is -2.45. The molecule has 2 atom stereocenters. The molecule has 2 heterocycles. The third kappa shape index (κ3) is 7.99. The van der Waals surface area contributed by atoms with Crippen molar-refractivity contribution in [3.05, 3.63) is 0 Å². The molecule has 2 aliphatic rings. The maximum absolute atomic E-state index is 5.51. The Morgan fingerprint density at radius 2 is 2.12 bits per heavy atom. The van der Waals surface area contributed by atoms with Crippen LogP contribution < -0.4 is 5.32 Å². The zero-order valence-electron chi connectivity index (χ0n) is 16.5. The first-order valence-electron chi connectivity index (χ1n) is 10.1. The summed E-state index contributed by atoms with van der Waals surface area (Å²) in [4.78, 5) is 9.95. The van der Waals surface area contributed by atoms with Crippen LogP contribution in [0.1, 0.15) is 52.4 Å². The van der Waals surface area contributed by atoms with Crippen LogP contribution in [0.15, 0.2) is 4.99 Å². The summed E-state index contributed by atoms with van der Waals surface area (Å²) in [5, 5.41) is 3.47. The van der Waals surface area contributed by atoms with Crippen LogP contribution in [0.2, 0.25) is 0 Å². The predicted molar refractivity (Wildman–Crippen MR) is 117 cm³/mol. The van der Waals surface area contributed by atoms with Crippen molar-refractivity contribution in [2.24, 2.45) is 10.9 Å². The average molecular weight is 466 g/mol. The Hall–Kier alpha value is -0.0800. The van der Waals surface area contributed by atoms with E-state index >= 15 is 0 Å². The number of aliphatic imine (C=N–C) groups is 1. The molecule has 5 nitrogen and oxygen atoms in total. The Kier molecular flexibility index (Phi) is 12.1.